The van der Waals surface area contributed by atoms with Gasteiger partial charge in [0.25, 0.3) is 0 Å². The Balaban J connectivity index is 2.36. The number of benzene rings is 1. The lowest BCUT2D eigenvalue weighted by molar-refractivity contribution is 0.271. The molecular formula is C11H14BrNO. The van der Waals surface area contributed by atoms with Gasteiger partial charge in [0.2, 0.25) is 0 Å². The molecule has 1 aromatic rings. The zero-order valence-electron chi connectivity index (χ0n) is 7.96. The van der Waals surface area contributed by atoms with Gasteiger partial charge < -0.3 is 10.4 Å². The zero-order valence-corrected chi connectivity index (χ0v) is 9.55. The largest absolute Gasteiger partial charge is 0.396 e. The first-order valence-corrected chi connectivity index (χ1v) is 5.71. The van der Waals surface area contributed by atoms with E-state index in [4.69, 9.17) is 5.11 Å². The molecule has 76 valence electrons. The first-order chi connectivity index (χ1) is 6.83. The molecule has 3 heteroatoms. The lowest BCUT2D eigenvalue weighted by atomic mass is 9.89. The Hall–Kier alpha value is -0.380. The average Bonchev–Trinajstić information content (AvgIpc) is 2.19. The molecule has 2 rings (SSSR count). The first kappa shape index (κ1) is 10.1. The van der Waals surface area contributed by atoms with E-state index in [1.165, 1.54) is 15.6 Å². The lowest BCUT2D eigenvalue weighted by Crippen LogP contribution is -2.29. The summed E-state index contributed by atoms with van der Waals surface area (Å²) in [5, 5.41) is 12.4. The maximum absolute atomic E-state index is 8.99. The molecule has 14 heavy (non-hydrogen) atoms. The normalized spacial score (nSPS) is 20.6. The molecule has 0 saturated carbocycles. The Morgan fingerprint density at radius 1 is 1.50 bits per heavy atom. The number of fused-ring (bicyclic) bond motifs is 1. The quantitative estimate of drug-likeness (QED) is 0.848. The van der Waals surface area contributed by atoms with Crippen molar-refractivity contribution in [2.45, 2.75) is 18.9 Å². The van der Waals surface area contributed by atoms with E-state index >= 15 is 0 Å². The van der Waals surface area contributed by atoms with Gasteiger partial charge in [-0.15, -0.1) is 0 Å². The SMILES string of the molecule is OCC[C@H]1CNCc2cccc(Br)c21. The fourth-order valence-electron chi connectivity index (χ4n) is 2.08. The third-order valence-corrected chi connectivity index (χ3v) is 3.43. The van der Waals surface area contributed by atoms with Crippen molar-refractivity contribution < 1.29 is 5.11 Å². The van der Waals surface area contributed by atoms with E-state index in [1.54, 1.807) is 0 Å². The van der Waals surface area contributed by atoms with Crippen LogP contribution in [-0.4, -0.2) is 18.3 Å². The third kappa shape index (κ3) is 1.85. The van der Waals surface area contributed by atoms with Crippen LogP contribution in [-0.2, 0) is 6.54 Å². The summed E-state index contributed by atoms with van der Waals surface area (Å²) < 4.78 is 1.18. The Kier molecular flexibility index (Phi) is 3.21. The first-order valence-electron chi connectivity index (χ1n) is 4.92. The fraction of sp³-hybridized carbons (Fsp3) is 0.455. The minimum absolute atomic E-state index is 0.257. The second-order valence-corrected chi connectivity index (χ2v) is 4.51. The van der Waals surface area contributed by atoms with Crippen LogP contribution in [0.5, 0.6) is 0 Å². The van der Waals surface area contributed by atoms with Crippen LogP contribution in [0, 0.1) is 0 Å². The molecule has 0 fully saturated rings. The van der Waals surface area contributed by atoms with E-state index in [9.17, 15) is 0 Å². The molecule has 0 bridgehead atoms. The van der Waals surface area contributed by atoms with E-state index in [0.717, 1.165) is 19.5 Å². The smallest absolute Gasteiger partial charge is 0.0437 e. The highest BCUT2D eigenvalue weighted by atomic mass is 79.9. The van der Waals surface area contributed by atoms with Crippen molar-refractivity contribution in [3.8, 4) is 0 Å². The van der Waals surface area contributed by atoms with Crippen LogP contribution in [0.3, 0.4) is 0 Å². The molecule has 0 aromatic heterocycles. The molecule has 1 aliphatic rings. The summed E-state index contributed by atoms with van der Waals surface area (Å²) in [5.74, 6) is 0.444. The van der Waals surface area contributed by atoms with Gasteiger partial charge in [0, 0.05) is 24.2 Å². The molecule has 2 nitrogen and oxygen atoms in total. The zero-order chi connectivity index (χ0) is 9.97. The molecule has 2 N–H and O–H groups in total. The average molecular weight is 256 g/mol. The van der Waals surface area contributed by atoms with Gasteiger partial charge in [0.1, 0.15) is 0 Å². The molecule has 0 amide bonds. The highest BCUT2D eigenvalue weighted by Gasteiger charge is 2.21. The number of halogens is 1. The lowest BCUT2D eigenvalue weighted by Gasteiger charge is -2.27. The van der Waals surface area contributed by atoms with Crippen molar-refractivity contribution in [1.82, 2.24) is 5.32 Å². The van der Waals surface area contributed by atoms with E-state index in [0.29, 0.717) is 5.92 Å². The second kappa shape index (κ2) is 4.43. The van der Waals surface area contributed by atoms with Crippen molar-refractivity contribution in [2.75, 3.05) is 13.2 Å². The van der Waals surface area contributed by atoms with Crippen LogP contribution < -0.4 is 5.32 Å². The summed E-state index contributed by atoms with van der Waals surface area (Å²) in [6, 6.07) is 6.29. The second-order valence-electron chi connectivity index (χ2n) is 3.65. The van der Waals surface area contributed by atoms with Gasteiger partial charge in [-0.05, 0) is 29.5 Å². The highest BCUT2D eigenvalue weighted by Crippen LogP contribution is 2.32. The number of hydrogen-bond donors (Lipinski definition) is 2. The van der Waals surface area contributed by atoms with E-state index in [1.807, 2.05) is 0 Å². The molecule has 0 unspecified atom stereocenters. The monoisotopic (exact) mass is 255 g/mol. The summed E-state index contributed by atoms with van der Waals surface area (Å²) in [5.41, 5.74) is 2.73. The number of aliphatic hydroxyl groups excluding tert-OH is 1. The Morgan fingerprint density at radius 2 is 2.36 bits per heavy atom. The molecule has 0 aliphatic carbocycles. The maximum atomic E-state index is 8.99. The number of nitrogens with one attached hydrogen (secondary N) is 1. The van der Waals surface area contributed by atoms with Crippen LogP contribution in [0.2, 0.25) is 0 Å². The fourth-order valence-corrected chi connectivity index (χ4v) is 2.81. The van der Waals surface area contributed by atoms with E-state index < -0.39 is 0 Å². The van der Waals surface area contributed by atoms with Gasteiger partial charge >= 0.3 is 0 Å². The molecule has 1 aromatic carbocycles. The summed E-state index contributed by atoms with van der Waals surface area (Å²) in [7, 11) is 0. The van der Waals surface area contributed by atoms with Crippen LogP contribution in [0.1, 0.15) is 23.5 Å². The number of rotatable bonds is 2. The summed E-state index contributed by atoms with van der Waals surface area (Å²) >= 11 is 3.58. The molecule has 0 spiro atoms. The predicted octanol–water partition coefficient (Wildman–Crippen LogP) is 2.02. The number of hydrogen-bond acceptors (Lipinski definition) is 2. The minimum atomic E-state index is 0.257. The third-order valence-electron chi connectivity index (χ3n) is 2.74. The van der Waals surface area contributed by atoms with Crippen LogP contribution >= 0.6 is 15.9 Å². The predicted molar refractivity (Wildman–Crippen MR) is 60.3 cm³/mol. The van der Waals surface area contributed by atoms with Gasteiger partial charge in [-0.25, -0.2) is 0 Å². The van der Waals surface area contributed by atoms with Crippen molar-refractivity contribution in [3.63, 3.8) is 0 Å². The Labute approximate surface area is 92.5 Å². The topological polar surface area (TPSA) is 32.3 Å². The molecule has 0 radical (unpaired) electrons. The summed E-state index contributed by atoms with van der Waals surface area (Å²) in [4.78, 5) is 0. The summed E-state index contributed by atoms with van der Waals surface area (Å²) in [6.45, 7) is 2.17. The maximum Gasteiger partial charge on any atom is 0.0437 e. The van der Waals surface area contributed by atoms with Crippen molar-refractivity contribution in [3.05, 3.63) is 33.8 Å². The van der Waals surface area contributed by atoms with Crippen LogP contribution in [0.25, 0.3) is 0 Å². The number of aliphatic hydroxyl groups is 1. The van der Waals surface area contributed by atoms with Gasteiger partial charge in [-0.3, -0.25) is 0 Å². The van der Waals surface area contributed by atoms with Crippen molar-refractivity contribution in [1.29, 1.82) is 0 Å². The van der Waals surface area contributed by atoms with Gasteiger partial charge in [0.05, 0.1) is 0 Å². The molecule has 1 heterocycles. The van der Waals surface area contributed by atoms with Gasteiger partial charge in [-0.1, -0.05) is 28.1 Å². The van der Waals surface area contributed by atoms with Gasteiger partial charge in [0.15, 0.2) is 0 Å². The van der Waals surface area contributed by atoms with Crippen molar-refractivity contribution in [2.24, 2.45) is 0 Å². The Bertz CT molecular complexity index is 327. The molecule has 1 aliphatic heterocycles. The van der Waals surface area contributed by atoms with E-state index in [2.05, 4.69) is 39.4 Å². The minimum Gasteiger partial charge on any atom is -0.396 e. The van der Waals surface area contributed by atoms with Gasteiger partial charge in [-0.2, -0.15) is 0 Å². The standard InChI is InChI=1S/C11H14BrNO/c12-10-3-1-2-8-6-13-7-9(4-5-14)11(8)10/h1-3,9,13-14H,4-7H2/t9-/m0/s1. The Morgan fingerprint density at radius 3 is 3.14 bits per heavy atom. The molecule has 1 atom stereocenters. The van der Waals surface area contributed by atoms with E-state index in [-0.39, 0.29) is 6.61 Å². The highest BCUT2D eigenvalue weighted by molar-refractivity contribution is 9.10. The molecular weight excluding hydrogens is 242 g/mol. The van der Waals surface area contributed by atoms with Crippen LogP contribution in [0.15, 0.2) is 22.7 Å². The summed E-state index contributed by atoms with van der Waals surface area (Å²) in [6.07, 6.45) is 0.836. The van der Waals surface area contributed by atoms with Crippen molar-refractivity contribution >= 4 is 15.9 Å². The van der Waals surface area contributed by atoms with Crippen LogP contribution in [0.4, 0.5) is 0 Å². The molecule has 0 saturated heterocycles.